The average molecular weight is 355 g/mol. The molecule has 0 aliphatic carbocycles. The largest absolute Gasteiger partial charge is 0.491 e. The van der Waals surface area contributed by atoms with Crippen molar-refractivity contribution in [3.8, 4) is 5.75 Å². The number of carboxylic acids is 1. The number of nitro groups is 1. The smallest absolute Gasteiger partial charge is 0.305 e. The van der Waals surface area contributed by atoms with Crippen molar-refractivity contribution >= 4 is 17.6 Å². The SMILES string of the molecule is O=C(O)CCCCC(=O)OCCOCCOc1ccc([N+](=O)[O-])cc1. The predicted octanol–water partition coefficient (Wildman–Crippen LogP) is 2.18. The van der Waals surface area contributed by atoms with Crippen LogP contribution in [0.25, 0.3) is 0 Å². The number of non-ortho nitro benzene ring substituents is 1. The van der Waals surface area contributed by atoms with Crippen LogP contribution in [0.5, 0.6) is 5.75 Å². The van der Waals surface area contributed by atoms with E-state index in [1.807, 2.05) is 0 Å². The van der Waals surface area contributed by atoms with Gasteiger partial charge in [-0.2, -0.15) is 0 Å². The van der Waals surface area contributed by atoms with Crippen LogP contribution >= 0.6 is 0 Å². The van der Waals surface area contributed by atoms with E-state index in [-0.39, 0.29) is 50.9 Å². The molecule has 0 saturated heterocycles. The first-order valence-corrected chi connectivity index (χ1v) is 7.81. The number of carboxylic acid groups (broad SMARTS) is 1. The molecule has 138 valence electrons. The van der Waals surface area contributed by atoms with Gasteiger partial charge in [0.05, 0.1) is 18.1 Å². The first-order chi connectivity index (χ1) is 12.0. The number of unbranched alkanes of at least 4 members (excludes halogenated alkanes) is 1. The lowest BCUT2D eigenvalue weighted by atomic mass is 10.2. The molecule has 1 rings (SSSR count). The molecule has 1 N–H and O–H groups in total. The van der Waals surface area contributed by atoms with E-state index in [1.54, 1.807) is 0 Å². The molecule has 0 atom stereocenters. The van der Waals surface area contributed by atoms with Gasteiger partial charge in [-0.1, -0.05) is 0 Å². The minimum absolute atomic E-state index is 0.00613. The van der Waals surface area contributed by atoms with Crippen LogP contribution in [-0.4, -0.2) is 48.4 Å². The molecule has 0 bridgehead atoms. The molecule has 0 saturated carbocycles. The van der Waals surface area contributed by atoms with Gasteiger partial charge in [0.2, 0.25) is 0 Å². The molecular formula is C16H21NO8. The second-order valence-electron chi connectivity index (χ2n) is 5.03. The average Bonchev–Trinajstić information content (AvgIpc) is 2.58. The lowest BCUT2D eigenvalue weighted by Crippen LogP contribution is -2.13. The molecule has 0 aliphatic rings. The van der Waals surface area contributed by atoms with Crippen molar-refractivity contribution in [2.75, 3.05) is 26.4 Å². The molecule has 9 heteroatoms. The van der Waals surface area contributed by atoms with Crippen LogP contribution in [0.15, 0.2) is 24.3 Å². The lowest BCUT2D eigenvalue weighted by Gasteiger charge is -2.08. The van der Waals surface area contributed by atoms with Crippen molar-refractivity contribution in [2.24, 2.45) is 0 Å². The Kier molecular flexibility index (Phi) is 9.61. The van der Waals surface area contributed by atoms with Crippen LogP contribution in [0.4, 0.5) is 5.69 Å². The van der Waals surface area contributed by atoms with Crippen molar-refractivity contribution < 1.29 is 33.8 Å². The Hall–Kier alpha value is -2.68. The van der Waals surface area contributed by atoms with Crippen molar-refractivity contribution in [3.63, 3.8) is 0 Å². The van der Waals surface area contributed by atoms with Gasteiger partial charge in [0.1, 0.15) is 19.0 Å². The Labute approximate surface area is 144 Å². The number of carbonyl (C=O) groups excluding carboxylic acids is 1. The molecule has 9 nitrogen and oxygen atoms in total. The fraction of sp³-hybridized carbons (Fsp3) is 0.500. The fourth-order valence-electron chi connectivity index (χ4n) is 1.82. The van der Waals surface area contributed by atoms with Gasteiger partial charge in [0, 0.05) is 25.0 Å². The Morgan fingerprint density at radius 2 is 1.64 bits per heavy atom. The van der Waals surface area contributed by atoms with Gasteiger partial charge < -0.3 is 19.3 Å². The first-order valence-electron chi connectivity index (χ1n) is 7.81. The van der Waals surface area contributed by atoms with Crippen LogP contribution in [-0.2, 0) is 19.1 Å². The number of esters is 1. The summed E-state index contributed by atoms with van der Waals surface area (Å²) in [6.07, 6.45) is 1.16. The highest BCUT2D eigenvalue weighted by atomic mass is 16.6. The van der Waals surface area contributed by atoms with Gasteiger partial charge in [-0.05, 0) is 25.0 Å². The van der Waals surface area contributed by atoms with E-state index in [2.05, 4.69) is 0 Å². The molecule has 0 unspecified atom stereocenters. The molecule has 25 heavy (non-hydrogen) atoms. The first kappa shape index (κ1) is 20.4. The van der Waals surface area contributed by atoms with Gasteiger partial charge in [0.15, 0.2) is 0 Å². The summed E-state index contributed by atoms with van der Waals surface area (Å²) in [4.78, 5) is 31.7. The number of nitro benzene ring substituents is 1. The highest BCUT2D eigenvalue weighted by Gasteiger charge is 2.05. The molecule has 0 heterocycles. The summed E-state index contributed by atoms with van der Waals surface area (Å²) < 4.78 is 15.5. The molecule has 0 aliphatic heterocycles. The summed E-state index contributed by atoms with van der Waals surface area (Å²) in [5, 5.41) is 19.0. The molecule has 0 amide bonds. The zero-order valence-corrected chi connectivity index (χ0v) is 13.7. The van der Waals surface area contributed by atoms with Crippen LogP contribution in [0.2, 0.25) is 0 Å². The summed E-state index contributed by atoms with van der Waals surface area (Å²) in [7, 11) is 0. The van der Waals surface area contributed by atoms with Crippen LogP contribution in [0.1, 0.15) is 25.7 Å². The highest BCUT2D eigenvalue weighted by molar-refractivity contribution is 5.69. The zero-order chi connectivity index (χ0) is 18.5. The standard InChI is InChI=1S/C16H21NO8/c18-15(19)3-1-2-4-16(20)25-12-10-23-9-11-24-14-7-5-13(6-8-14)17(21)22/h5-8H,1-4,9-12H2,(H,18,19). The number of hydrogen-bond acceptors (Lipinski definition) is 7. The van der Waals surface area contributed by atoms with E-state index in [4.69, 9.17) is 19.3 Å². The minimum atomic E-state index is -0.877. The van der Waals surface area contributed by atoms with Crippen LogP contribution in [0, 0.1) is 10.1 Å². The van der Waals surface area contributed by atoms with Gasteiger partial charge >= 0.3 is 11.9 Å². The Morgan fingerprint density at radius 3 is 2.28 bits per heavy atom. The monoisotopic (exact) mass is 355 g/mol. The lowest BCUT2D eigenvalue weighted by molar-refractivity contribution is -0.384. The van der Waals surface area contributed by atoms with E-state index in [9.17, 15) is 19.7 Å². The van der Waals surface area contributed by atoms with Gasteiger partial charge in [-0.3, -0.25) is 19.7 Å². The Bertz CT molecular complexity index is 558. The van der Waals surface area contributed by atoms with E-state index in [0.717, 1.165) is 0 Å². The summed E-state index contributed by atoms with van der Waals surface area (Å²) in [5.41, 5.74) is -0.00613. The molecule has 0 spiro atoms. The Balaban J connectivity index is 1.98. The molecule has 1 aromatic carbocycles. The number of nitrogens with zero attached hydrogens (tertiary/aromatic N) is 1. The normalized spacial score (nSPS) is 10.2. The van der Waals surface area contributed by atoms with E-state index >= 15 is 0 Å². The molecule has 0 radical (unpaired) electrons. The third-order valence-corrected chi connectivity index (χ3v) is 3.06. The number of aliphatic carboxylic acids is 1. The highest BCUT2D eigenvalue weighted by Crippen LogP contribution is 2.17. The second kappa shape index (κ2) is 11.8. The Morgan fingerprint density at radius 1 is 1.00 bits per heavy atom. The number of carbonyl (C=O) groups is 2. The van der Waals surface area contributed by atoms with Crippen molar-refractivity contribution in [1.29, 1.82) is 0 Å². The van der Waals surface area contributed by atoms with Gasteiger partial charge in [0.25, 0.3) is 5.69 Å². The second-order valence-corrected chi connectivity index (χ2v) is 5.03. The van der Waals surface area contributed by atoms with Crippen molar-refractivity contribution in [3.05, 3.63) is 34.4 Å². The number of rotatable bonds is 13. The number of benzene rings is 1. The minimum Gasteiger partial charge on any atom is -0.491 e. The number of hydrogen-bond donors (Lipinski definition) is 1. The molecule has 0 fully saturated rings. The summed E-state index contributed by atoms with van der Waals surface area (Å²) in [6, 6.07) is 5.72. The molecule has 0 aromatic heterocycles. The quantitative estimate of drug-likeness (QED) is 0.247. The van der Waals surface area contributed by atoms with E-state index in [0.29, 0.717) is 18.6 Å². The fourth-order valence-corrected chi connectivity index (χ4v) is 1.82. The maximum absolute atomic E-state index is 11.3. The number of ether oxygens (including phenoxy) is 3. The topological polar surface area (TPSA) is 125 Å². The van der Waals surface area contributed by atoms with Gasteiger partial charge in [-0.25, -0.2) is 0 Å². The van der Waals surface area contributed by atoms with Crippen LogP contribution < -0.4 is 4.74 Å². The third-order valence-electron chi connectivity index (χ3n) is 3.06. The maximum Gasteiger partial charge on any atom is 0.305 e. The third kappa shape index (κ3) is 9.92. The van der Waals surface area contributed by atoms with Gasteiger partial charge in [-0.15, -0.1) is 0 Å². The summed E-state index contributed by atoms with van der Waals surface area (Å²) >= 11 is 0. The predicted molar refractivity (Wildman–Crippen MR) is 86.5 cm³/mol. The van der Waals surface area contributed by atoms with Crippen molar-refractivity contribution in [2.45, 2.75) is 25.7 Å². The molecular weight excluding hydrogens is 334 g/mol. The van der Waals surface area contributed by atoms with E-state index in [1.165, 1.54) is 24.3 Å². The molecule has 1 aromatic rings. The summed E-state index contributed by atoms with van der Waals surface area (Å²) in [5.74, 6) is -0.754. The summed E-state index contributed by atoms with van der Waals surface area (Å²) in [6.45, 7) is 0.897. The zero-order valence-electron chi connectivity index (χ0n) is 13.7. The van der Waals surface area contributed by atoms with Crippen molar-refractivity contribution in [1.82, 2.24) is 0 Å². The van der Waals surface area contributed by atoms with E-state index < -0.39 is 10.9 Å². The maximum atomic E-state index is 11.3. The van der Waals surface area contributed by atoms with Crippen LogP contribution in [0.3, 0.4) is 0 Å².